The van der Waals surface area contributed by atoms with Crippen molar-refractivity contribution in [3.05, 3.63) is 50.0 Å². The fraction of sp³-hybridized carbons (Fsp3) is 0.111. The molecule has 0 bridgehead atoms. The Morgan fingerprint density at radius 3 is 2.63 bits per heavy atom. The maximum absolute atomic E-state index is 11.4. The molecule has 2 N–H and O–H groups in total. The normalized spacial score (nSPS) is 12.1. The summed E-state index contributed by atoms with van der Waals surface area (Å²) in [6.45, 7) is 0.0621. The van der Waals surface area contributed by atoms with Crippen molar-refractivity contribution in [2.75, 3.05) is 7.11 Å². The van der Waals surface area contributed by atoms with E-state index in [2.05, 4.69) is 26.1 Å². The smallest absolute Gasteiger partial charge is 0.356 e. The van der Waals surface area contributed by atoms with E-state index in [9.17, 15) is 9.90 Å². The van der Waals surface area contributed by atoms with Crippen molar-refractivity contribution in [2.24, 2.45) is 0 Å². The number of carboxylic acids is 1. The summed E-state index contributed by atoms with van der Waals surface area (Å²) in [6, 6.07) is 6.95. The van der Waals surface area contributed by atoms with Crippen molar-refractivity contribution in [1.29, 1.82) is 0 Å². The largest absolute Gasteiger partial charge is 0.495 e. The molecule has 6 nitrogen and oxygen atoms in total. The van der Waals surface area contributed by atoms with Gasteiger partial charge in [-0.1, -0.05) is 23.2 Å². The Balaban J connectivity index is 2.03. The van der Waals surface area contributed by atoms with Crippen molar-refractivity contribution in [3.63, 3.8) is 0 Å². The van der Waals surface area contributed by atoms with Gasteiger partial charge in [0.15, 0.2) is 5.69 Å². The number of rotatable bonds is 3. The van der Waals surface area contributed by atoms with Gasteiger partial charge in [-0.3, -0.25) is 5.10 Å². The highest BCUT2D eigenvalue weighted by Crippen LogP contribution is 2.51. The molecule has 1 aliphatic heterocycles. The number of fused-ring (bicyclic) bond motifs is 3. The lowest BCUT2D eigenvalue weighted by atomic mass is 9.95. The van der Waals surface area contributed by atoms with Gasteiger partial charge in [0, 0.05) is 15.6 Å². The molecule has 0 spiro atoms. The Kier molecular flexibility index (Phi) is 4.53. The molecule has 0 radical (unpaired) electrons. The van der Waals surface area contributed by atoms with Gasteiger partial charge in [-0.25, -0.2) is 4.79 Å². The second-order valence-electron chi connectivity index (χ2n) is 5.82. The van der Waals surface area contributed by atoms with Gasteiger partial charge in [-0.15, -0.1) is 0 Å². The third-order valence-electron chi connectivity index (χ3n) is 4.24. The van der Waals surface area contributed by atoms with Crippen LogP contribution in [0.1, 0.15) is 16.1 Å². The van der Waals surface area contributed by atoms with Crippen LogP contribution in [0.5, 0.6) is 11.5 Å². The number of aromatic amines is 1. The standard InChI is InChI=1S/C18H11BrCl2N2O4/c1-26-17-12(19)5-10-14-11(15(18(24)25)23-22-14)6-27-16(10)13(17)7-2-8(20)4-9(21)3-7/h2-5H,6H2,1H3,(H,22,23)(H,24,25). The molecule has 3 aromatic rings. The number of carbonyl (C=O) groups is 1. The van der Waals surface area contributed by atoms with E-state index < -0.39 is 5.97 Å². The number of aromatic nitrogens is 2. The lowest BCUT2D eigenvalue weighted by Crippen LogP contribution is -2.10. The summed E-state index contributed by atoms with van der Waals surface area (Å²) in [5, 5.41) is 17.0. The van der Waals surface area contributed by atoms with E-state index in [-0.39, 0.29) is 12.3 Å². The van der Waals surface area contributed by atoms with Crippen molar-refractivity contribution in [3.8, 4) is 33.9 Å². The highest BCUT2D eigenvalue weighted by Gasteiger charge is 2.31. The number of carboxylic acid groups (broad SMARTS) is 1. The summed E-state index contributed by atoms with van der Waals surface area (Å²) < 4.78 is 12.2. The molecule has 0 atom stereocenters. The van der Waals surface area contributed by atoms with Gasteiger partial charge in [0.05, 0.1) is 28.4 Å². The number of methoxy groups -OCH3 is 1. The molecular formula is C18H11BrCl2N2O4. The summed E-state index contributed by atoms with van der Waals surface area (Å²) >= 11 is 15.9. The van der Waals surface area contributed by atoms with Crippen LogP contribution in [0.25, 0.3) is 22.4 Å². The first-order valence-corrected chi connectivity index (χ1v) is 9.26. The highest BCUT2D eigenvalue weighted by atomic mass is 79.9. The maximum atomic E-state index is 11.4. The first-order valence-electron chi connectivity index (χ1n) is 7.71. The molecule has 0 saturated carbocycles. The molecule has 2 heterocycles. The summed E-state index contributed by atoms with van der Waals surface area (Å²) in [4.78, 5) is 11.4. The van der Waals surface area contributed by atoms with Crippen LogP contribution in [0.15, 0.2) is 28.7 Å². The molecular weight excluding hydrogens is 459 g/mol. The molecule has 1 aromatic heterocycles. The Bertz CT molecular complexity index is 1080. The number of benzene rings is 2. The zero-order chi connectivity index (χ0) is 19.3. The highest BCUT2D eigenvalue weighted by molar-refractivity contribution is 9.10. The number of nitrogens with one attached hydrogen (secondary N) is 1. The van der Waals surface area contributed by atoms with E-state index in [0.29, 0.717) is 54.0 Å². The monoisotopic (exact) mass is 468 g/mol. The third-order valence-corrected chi connectivity index (χ3v) is 5.27. The predicted molar refractivity (Wildman–Crippen MR) is 105 cm³/mol. The average molecular weight is 470 g/mol. The second kappa shape index (κ2) is 6.74. The summed E-state index contributed by atoms with van der Waals surface area (Å²) in [5.74, 6) is -0.0380. The van der Waals surface area contributed by atoms with Crippen LogP contribution in [0.3, 0.4) is 0 Å². The van der Waals surface area contributed by atoms with Crippen LogP contribution in [0, 0.1) is 0 Å². The second-order valence-corrected chi connectivity index (χ2v) is 7.55. The van der Waals surface area contributed by atoms with Crippen LogP contribution in [0.2, 0.25) is 10.0 Å². The number of hydrogen-bond acceptors (Lipinski definition) is 4. The zero-order valence-electron chi connectivity index (χ0n) is 13.8. The fourth-order valence-corrected chi connectivity index (χ4v) is 4.28. The number of aromatic carboxylic acids is 1. The van der Waals surface area contributed by atoms with Crippen molar-refractivity contribution < 1.29 is 19.4 Å². The maximum Gasteiger partial charge on any atom is 0.356 e. The van der Waals surface area contributed by atoms with Gasteiger partial charge in [0.1, 0.15) is 18.1 Å². The van der Waals surface area contributed by atoms with Gasteiger partial charge >= 0.3 is 5.97 Å². The number of halogens is 3. The van der Waals surface area contributed by atoms with E-state index >= 15 is 0 Å². The molecule has 27 heavy (non-hydrogen) atoms. The Hall–Kier alpha value is -2.22. The molecule has 1 aliphatic rings. The topological polar surface area (TPSA) is 84.4 Å². The van der Waals surface area contributed by atoms with E-state index in [1.165, 1.54) is 0 Å². The molecule has 0 amide bonds. The van der Waals surface area contributed by atoms with E-state index in [0.717, 1.165) is 0 Å². The van der Waals surface area contributed by atoms with E-state index in [1.807, 2.05) is 0 Å². The summed E-state index contributed by atoms with van der Waals surface area (Å²) in [6.07, 6.45) is 0. The first-order chi connectivity index (χ1) is 12.9. The SMILES string of the molecule is COc1c(Br)cc2c(c1-c1cc(Cl)cc(Cl)c1)OCc1c(C(=O)O)n[nH]c1-2. The molecule has 0 unspecified atom stereocenters. The minimum atomic E-state index is -1.12. The summed E-state index contributed by atoms with van der Waals surface area (Å²) in [5.41, 5.74) is 3.05. The van der Waals surface area contributed by atoms with Gasteiger partial charge in [0.25, 0.3) is 0 Å². The van der Waals surface area contributed by atoms with Gasteiger partial charge in [0.2, 0.25) is 0 Å². The van der Waals surface area contributed by atoms with Gasteiger partial charge in [-0.2, -0.15) is 5.10 Å². The Labute approximate surface area is 172 Å². The molecule has 0 saturated heterocycles. The predicted octanol–water partition coefficient (Wildman–Crippen LogP) is 5.41. The molecule has 2 aromatic carbocycles. The minimum Gasteiger partial charge on any atom is -0.495 e. The molecule has 9 heteroatoms. The molecule has 0 aliphatic carbocycles. The third kappa shape index (κ3) is 2.96. The quantitative estimate of drug-likeness (QED) is 0.535. The van der Waals surface area contributed by atoms with Gasteiger partial charge < -0.3 is 14.6 Å². The number of nitrogens with zero attached hydrogens (tertiary/aromatic N) is 1. The van der Waals surface area contributed by atoms with Crippen LogP contribution in [-0.4, -0.2) is 28.4 Å². The van der Waals surface area contributed by atoms with Gasteiger partial charge in [-0.05, 0) is 45.8 Å². The lowest BCUT2D eigenvalue weighted by molar-refractivity contribution is 0.0687. The Morgan fingerprint density at radius 1 is 1.30 bits per heavy atom. The van der Waals surface area contributed by atoms with E-state index in [1.54, 1.807) is 31.4 Å². The molecule has 0 fully saturated rings. The molecule has 138 valence electrons. The zero-order valence-corrected chi connectivity index (χ0v) is 16.9. The van der Waals surface area contributed by atoms with Crippen LogP contribution >= 0.6 is 39.1 Å². The fourth-order valence-electron chi connectivity index (χ4n) is 3.16. The van der Waals surface area contributed by atoms with Crippen molar-refractivity contribution in [1.82, 2.24) is 10.2 Å². The minimum absolute atomic E-state index is 0.0602. The van der Waals surface area contributed by atoms with Crippen LogP contribution in [0.4, 0.5) is 0 Å². The van der Waals surface area contributed by atoms with Crippen molar-refractivity contribution in [2.45, 2.75) is 6.61 Å². The number of hydrogen-bond donors (Lipinski definition) is 2. The van der Waals surface area contributed by atoms with Crippen molar-refractivity contribution >= 4 is 45.1 Å². The number of ether oxygens (including phenoxy) is 2. The average Bonchev–Trinajstić information content (AvgIpc) is 3.04. The number of H-pyrrole nitrogens is 1. The summed E-state index contributed by atoms with van der Waals surface area (Å²) in [7, 11) is 1.55. The molecule has 4 rings (SSSR count). The van der Waals surface area contributed by atoms with Crippen LogP contribution in [-0.2, 0) is 6.61 Å². The Morgan fingerprint density at radius 2 is 2.00 bits per heavy atom. The lowest BCUT2D eigenvalue weighted by Gasteiger charge is -2.24. The first kappa shape index (κ1) is 18.2. The van der Waals surface area contributed by atoms with E-state index in [4.69, 9.17) is 32.7 Å². The van der Waals surface area contributed by atoms with Crippen LogP contribution < -0.4 is 9.47 Å².